The third kappa shape index (κ3) is 2.35. The molecule has 3 unspecified atom stereocenters. The predicted octanol–water partition coefficient (Wildman–Crippen LogP) is 2.52. The third-order valence-electron chi connectivity index (χ3n) is 3.61. The van der Waals surface area contributed by atoms with Crippen LogP contribution in [0.1, 0.15) is 44.3 Å². The molecule has 1 heterocycles. The van der Waals surface area contributed by atoms with E-state index in [2.05, 4.69) is 11.9 Å². The lowest BCUT2D eigenvalue weighted by Gasteiger charge is -2.30. The van der Waals surface area contributed by atoms with Crippen LogP contribution in [0.15, 0.2) is 18.3 Å². The lowest BCUT2D eigenvalue weighted by Crippen LogP contribution is -2.21. The third-order valence-corrected chi connectivity index (χ3v) is 3.61. The van der Waals surface area contributed by atoms with Crippen LogP contribution < -0.4 is 5.73 Å². The molecule has 0 bridgehead atoms. The van der Waals surface area contributed by atoms with Crippen LogP contribution in [-0.2, 0) is 0 Å². The average molecular weight is 220 g/mol. The first-order valence-corrected chi connectivity index (χ1v) is 6.07. The van der Waals surface area contributed by atoms with Crippen LogP contribution in [0.2, 0.25) is 0 Å². The van der Waals surface area contributed by atoms with Gasteiger partial charge in [-0.3, -0.25) is 0 Å². The fourth-order valence-electron chi connectivity index (χ4n) is 2.70. The molecule has 1 aromatic heterocycles. The molecule has 88 valence electrons. The van der Waals surface area contributed by atoms with E-state index in [9.17, 15) is 5.11 Å². The summed E-state index contributed by atoms with van der Waals surface area (Å²) in [5.74, 6) is 1.52. The van der Waals surface area contributed by atoms with Crippen molar-refractivity contribution < 1.29 is 5.11 Å². The van der Waals surface area contributed by atoms with E-state index in [-0.39, 0.29) is 0 Å². The van der Waals surface area contributed by atoms with Gasteiger partial charge in [-0.2, -0.15) is 0 Å². The largest absolute Gasteiger partial charge is 0.388 e. The summed E-state index contributed by atoms with van der Waals surface area (Å²) < 4.78 is 0. The van der Waals surface area contributed by atoms with Crippen molar-refractivity contribution in [1.82, 2.24) is 4.98 Å². The van der Waals surface area contributed by atoms with Gasteiger partial charge in [-0.25, -0.2) is 4.98 Å². The summed E-state index contributed by atoms with van der Waals surface area (Å²) >= 11 is 0. The summed E-state index contributed by atoms with van der Waals surface area (Å²) in [5, 5.41) is 10.3. The summed E-state index contributed by atoms with van der Waals surface area (Å²) in [4.78, 5) is 4.03. The molecule has 3 nitrogen and oxygen atoms in total. The molecule has 16 heavy (non-hydrogen) atoms. The standard InChI is InChI=1S/C13H20N2O/c1-9-4-2-5-10(8-9)12(16)11-6-3-7-15-13(11)14/h3,6-7,9-10,12,16H,2,4-5,8H2,1H3,(H2,14,15). The number of aliphatic hydroxyl groups excluding tert-OH is 1. The van der Waals surface area contributed by atoms with Gasteiger partial charge in [-0.1, -0.05) is 25.8 Å². The monoisotopic (exact) mass is 220 g/mol. The van der Waals surface area contributed by atoms with Crippen LogP contribution in [0.3, 0.4) is 0 Å². The highest BCUT2D eigenvalue weighted by molar-refractivity contribution is 5.40. The minimum absolute atomic E-state index is 0.343. The van der Waals surface area contributed by atoms with Gasteiger partial charge in [-0.05, 0) is 30.7 Å². The second kappa shape index (κ2) is 4.83. The Balaban J connectivity index is 2.12. The number of aromatic nitrogens is 1. The second-order valence-electron chi connectivity index (χ2n) is 4.95. The van der Waals surface area contributed by atoms with Gasteiger partial charge in [-0.15, -0.1) is 0 Å². The van der Waals surface area contributed by atoms with Gasteiger partial charge >= 0.3 is 0 Å². The zero-order valence-electron chi connectivity index (χ0n) is 9.76. The van der Waals surface area contributed by atoms with E-state index in [0.717, 1.165) is 18.4 Å². The number of pyridine rings is 1. The molecule has 1 fully saturated rings. The minimum Gasteiger partial charge on any atom is -0.388 e. The topological polar surface area (TPSA) is 59.1 Å². The summed E-state index contributed by atoms with van der Waals surface area (Å²) in [6.07, 6.45) is 5.90. The number of nitrogens with zero attached hydrogens (tertiary/aromatic N) is 1. The Morgan fingerprint density at radius 2 is 2.31 bits per heavy atom. The lowest BCUT2D eigenvalue weighted by atomic mass is 9.78. The summed E-state index contributed by atoms with van der Waals surface area (Å²) in [6.45, 7) is 2.26. The summed E-state index contributed by atoms with van der Waals surface area (Å²) in [6, 6.07) is 3.72. The molecule has 0 amide bonds. The van der Waals surface area contributed by atoms with Gasteiger partial charge < -0.3 is 10.8 Å². The number of aliphatic hydroxyl groups is 1. The van der Waals surface area contributed by atoms with Crippen molar-refractivity contribution in [1.29, 1.82) is 0 Å². The molecule has 1 aliphatic carbocycles. The van der Waals surface area contributed by atoms with E-state index < -0.39 is 6.10 Å². The summed E-state index contributed by atoms with van der Waals surface area (Å²) in [5.41, 5.74) is 6.58. The Bertz CT molecular complexity index is 354. The average Bonchev–Trinajstić information content (AvgIpc) is 2.29. The molecule has 0 aromatic carbocycles. The van der Waals surface area contributed by atoms with Crippen molar-refractivity contribution >= 4 is 5.82 Å². The van der Waals surface area contributed by atoms with Crippen LogP contribution in [0, 0.1) is 11.8 Å². The first-order chi connectivity index (χ1) is 7.68. The van der Waals surface area contributed by atoms with Crippen molar-refractivity contribution in [3.8, 4) is 0 Å². The smallest absolute Gasteiger partial charge is 0.129 e. The molecule has 2 rings (SSSR count). The first kappa shape index (κ1) is 11.4. The van der Waals surface area contributed by atoms with Crippen molar-refractivity contribution in [3.05, 3.63) is 23.9 Å². The quantitative estimate of drug-likeness (QED) is 0.805. The van der Waals surface area contributed by atoms with E-state index >= 15 is 0 Å². The molecule has 1 aromatic rings. The Hall–Kier alpha value is -1.09. The Labute approximate surface area is 96.7 Å². The number of nitrogens with two attached hydrogens (primary N) is 1. The molecule has 0 aliphatic heterocycles. The SMILES string of the molecule is CC1CCCC(C(O)c2cccnc2N)C1. The van der Waals surface area contributed by atoms with Crippen molar-refractivity contribution in [2.75, 3.05) is 5.73 Å². The highest BCUT2D eigenvalue weighted by Crippen LogP contribution is 2.37. The van der Waals surface area contributed by atoms with E-state index in [1.54, 1.807) is 6.20 Å². The minimum atomic E-state index is -0.448. The Morgan fingerprint density at radius 3 is 3.00 bits per heavy atom. The van der Waals surface area contributed by atoms with Crippen LogP contribution in [0.5, 0.6) is 0 Å². The summed E-state index contributed by atoms with van der Waals surface area (Å²) in [7, 11) is 0. The van der Waals surface area contributed by atoms with Crippen LogP contribution in [0.4, 0.5) is 5.82 Å². The Morgan fingerprint density at radius 1 is 1.50 bits per heavy atom. The highest BCUT2D eigenvalue weighted by atomic mass is 16.3. The van der Waals surface area contributed by atoms with Crippen molar-refractivity contribution in [2.45, 2.75) is 38.7 Å². The van der Waals surface area contributed by atoms with Crippen LogP contribution >= 0.6 is 0 Å². The van der Waals surface area contributed by atoms with E-state index in [4.69, 9.17) is 5.73 Å². The van der Waals surface area contributed by atoms with Gasteiger partial charge in [0.2, 0.25) is 0 Å². The number of hydrogen-bond donors (Lipinski definition) is 2. The highest BCUT2D eigenvalue weighted by Gasteiger charge is 2.27. The fourth-order valence-corrected chi connectivity index (χ4v) is 2.70. The molecule has 1 saturated carbocycles. The van der Waals surface area contributed by atoms with Gasteiger partial charge in [0.15, 0.2) is 0 Å². The number of anilines is 1. The van der Waals surface area contributed by atoms with Gasteiger partial charge in [0.05, 0.1) is 6.10 Å². The number of hydrogen-bond acceptors (Lipinski definition) is 3. The fraction of sp³-hybridized carbons (Fsp3) is 0.615. The zero-order chi connectivity index (χ0) is 11.5. The molecule has 0 spiro atoms. The molecule has 0 radical (unpaired) electrons. The van der Waals surface area contributed by atoms with Gasteiger partial charge in [0, 0.05) is 11.8 Å². The number of rotatable bonds is 2. The van der Waals surface area contributed by atoms with E-state index in [1.807, 2.05) is 12.1 Å². The predicted molar refractivity (Wildman–Crippen MR) is 64.7 cm³/mol. The molecule has 3 N–H and O–H groups in total. The molecular formula is C13H20N2O. The molecule has 3 heteroatoms. The molecule has 3 atom stereocenters. The van der Waals surface area contributed by atoms with Gasteiger partial charge in [0.1, 0.15) is 5.82 Å². The zero-order valence-corrected chi connectivity index (χ0v) is 9.76. The lowest BCUT2D eigenvalue weighted by molar-refractivity contribution is 0.0717. The molecular weight excluding hydrogens is 200 g/mol. The van der Waals surface area contributed by atoms with Crippen LogP contribution in [-0.4, -0.2) is 10.1 Å². The maximum atomic E-state index is 10.3. The second-order valence-corrected chi connectivity index (χ2v) is 4.95. The maximum Gasteiger partial charge on any atom is 0.129 e. The van der Waals surface area contributed by atoms with E-state index in [0.29, 0.717) is 17.7 Å². The normalized spacial score (nSPS) is 27.6. The molecule has 1 aliphatic rings. The van der Waals surface area contributed by atoms with Crippen LogP contribution in [0.25, 0.3) is 0 Å². The maximum absolute atomic E-state index is 10.3. The Kier molecular flexibility index (Phi) is 3.44. The van der Waals surface area contributed by atoms with Crippen molar-refractivity contribution in [3.63, 3.8) is 0 Å². The first-order valence-electron chi connectivity index (χ1n) is 6.07. The number of nitrogen functional groups attached to an aromatic ring is 1. The van der Waals surface area contributed by atoms with E-state index in [1.165, 1.54) is 12.8 Å². The molecule has 0 saturated heterocycles. The van der Waals surface area contributed by atoms with Gasteiger partial charge in [0.25, 0.3) is 0 Å². The van der Waals surface area contributed by atoms with Crippen molar-refractivity contribution in [2.24, 2.45) is 11.8 Å².